The van der Waals surface area contributed by atoms with E-state index in [0.717, 1.165) is 15.8 Å². The van der Waals surface area contributed by atoms with Crippen molar-refractivity contribution in [2.75, 3.05) is 17.6 Å². The van der Waals surface area contributed by atoms with Crippen LogP contribution in [0.15, 0.2) is 83.9 Å². The van der Waals surface area contributed by atoms with Crippen molar-refractivity contribution in [2.45, 2.75) is 11.4 Å². The quantitative estimate of drug-likeness (QED) is 0.180. The van der Waals surface area contributed by atoms with Crippen LogP contribution in [0.25, 0.3) is 10.9 Å². The minimum absolute atomic E-state index is 0.0627. The van der Waals surface area contributed by atoms with E-state index in [1.165, 1.54) is 36.0 Å². The van der Waals surface area contributed by atoms with Gasteiger partial charge < -0.3 is 15.2 Å². The van der Waals surface area contributed by atoms with Gasteiger partial charge in [-0.15, -0.1) is 11.8 Å². The molecule has 0 saturated carbocycles. The average molecular weight is 509 g/mol. The molecule has 0 radical (unpaired) electrons. The number of hydrogen-bond acceptors (Lipinski definition) is 5. The third-order valence-corrected chi connectivity index (χ3v) is 6.51. The second kappa shape index (κ2) is 11.1. The summed E-state index contributed by atoms with van der Waals surface area (Å²) in [6.07, 6.45) is 1.98. The lowest BCUT2D eigenvalue weighted by molar-refractivity contribution is -0.384. The highest BCUT2D eigenvalue weighted by molar-refractivity contribution is 8.00. The summed E-state index contributed by atoms with van der Waals surface area (Å²) < 4.78 is 2.03. The molecular weight excluding hydrogens is 488 g/mol. The van der Waals surface area contributed by atoms with Crippen LogP contribution in [0.4, 0.5) is 11.4 Å². The number of fused-ring (bicyclic) bond motifs is 1. The smallest absolute Gasteiger partial charge is 0.269 e. The number of nitrogens with zero attached hydrogens (tertiary/aromatic N) is 2. The van der Waals surface area contributed by atoms with Gasteiger partial charge in [-0.2, -0.15) is 0 Å². The van der Waals surface area contributed by atoms with Gasteiger partial charge in [0.25, 0.3) is 11.6 Å². The van der Waals surface area contributed by atoms with Gasteiger partial charge in [0.2, 0.25) is 5.91 Å². The maximum absolute atomic E-state index is 12.4. The Morgan fingerprint density at radius 2 is 1.71 bits per heavy atom. The van der Waals surface area contributed by atoms with Crippen LogP contribution in [0, 0.1) is 10.1 Å². The van der Waals surface area contributed by atoms with Gasteiger partial charge in [0.15, 0.2) is 0 Å². The first-order chi connectivity index (χ1) is 16.9. The van der Waals surface area contributed by atoms with Gasteiger partial charge in [-0.3, -0.25) is 19.7 Å². The van der Waals surface area contributed by atoms with E-state index in [9.17, 15) is 19.7 Å². The second-order valence-electron chi connectivity index (χ2n) is 7.61. The van der Waals surface area contributed by atoms with Crippen molar-refractivity contribution in [3.63, 3.8) is 0 Å². The van der Waals surface area contributed by atoms with Gasteiger partial charge in [-0.25, -0.2) is 0 Å². The summed E-state index contributed by atoms with van der Waals surface area (Å²) >= 11 is 7.32. The maximum atomic E-state index is 12.4. The van der Waals surface area contributed by atoms with E-state index in [1.807, 2.05) is 35.0 Å². The Labute approximate surface area is 210 Å². The third-order valence-electron chi connectivity index (χ3n) is 5.22. The molecule has 0 aliphatic heterocycles. The molecule has 178 valence electrons. The summed E-state index contributed by atoms with van der Waals surface area (Å²) in [6.45, 7) is 0.895. The fraction of sp³-hybridized carbons (Fsp3) is 0.120. The van der Waals surface area contributed by atoms with Crippen molar-refractivity contribution in [2.24, 2.45) is 0 Å². The molecule has 8 nitrogen and oxygen atoms in total. The number of nitrogens with one attached hydrogen (secondary N) is 2. The van der Waals surface area contributed by atoms with Crippen LogP contribution in [0.3, 0.4) is 0 Å². The van der Waals surface area contributed by atoms with E-state index in [0.29, 0.717) is 29.4 Å². The van der Waals surface area contributed by atoms with E-state index in [-0.39, 0.29) is 23.3 Å². The number of non-ortho nitro benzene ring substituents is 1. The van der Waals surface area contributed by atoms with Crippen LogP contribution in [-0.2, 0) is 11.3 Å². The molecule has 4 aromatic rings. The Bertz CT molecular complexity index is 1370. The molecule has 35 heavy (non-hydrogen) atoms. The number of rotatable bonds is 9. The normalized spacial score (nSPS) is 10.8. The van der Waals surface area contributed by atoms with Crippen LogP contribution < -0.4 is 10.6 Å². The number of hydrogen-bond donors (Lipinski definition) is 2. The molecule has 10 heteroatoms. The molecule has 1 aromatic heterocycles. The number of para-hydroxylation sites is 1. The lowest BCUT2D eigenvalue weighted by Gasteiger charge is -2.07. The summed E-state index contributed by atoms with van der Waals surface area (Å²) in [7, 11) is 0. The molecular formula is C25H21ClN4O4S. The maximum Gasteiger partial charge on any atom is 0.269 e. The summed E-state index contributed by atoms with van der Waals surface area (Å²) in [5, 5.41) is 18.1. The van der Waals surface area contributed by atoms with Crippen LogP contribution in [0.5, 0.6) is 0 Å². The van der Waals surface area contributed by atoms with Crippen molar-refractivity contribution < 1.29 is 14.5 Å². The van der Waals surface area contributed by atoms with Gasteiger partial charge in [-0.1, -0.05) is 29.8 Å². The molecule has 0 saturated heterocycles. The Balaban J connectivity index is 1.36. The summed E-state index contributed by atoms with van der Waals surface area (Å²) in [6, 6.07) is 20.3. The molecule has 2 N–H and O–H groups in total. The first-order valence-electron chi connectivity index (χ1n) is 10.7. The van der Waals surface area contributed by atoms with E-state index >= 15 is 0 Å². The fourth-order valence-corrected chi connectivity index (χ4v) is 4.53. The minimum atomic E-state index is -0.504. The predicted octanol–water partition coefficient (Wildman–Crippen LogP) is 5.36. The van der Waals surface area contributed by atoms with Crippen molar-refractivity contribution >= 4 is 57.5 Å². The van der Waals surface area contributed by atoms with Crippen molar-refractivity contribution in [3.8, 4) is 0 Å². The lowest BCUT2D eigenvalue weighted by Crippen LogP contribution is -2.27. The largest absolute Gasteiger partial charge is 0.350 e. The van der Waals surface area contributed by atoms with E-state index < -0.39 is 4.92 Å². The Morgan fingerprint density at radius 1 is 1.00 bits per heavy atom. The zero-order valence-electron chi connectivity index (χ0n) is 18.4. The monoisotopic (exact) mass is 508 g/mol. The summed E-state index contributed by atoms with van der Waals surface area (Å²) in [5.41, 5.74) is 1.98. The SMILES string of the molecule is O=C(CSc1cn(CCNC(=O)c2ccc([N+](=O)[O-])cc2)c2ccccc12)Nc1ccc(Cl)cc1. The Hall–Kier alpha value is -3.82. The number of amides is 2. The van der Waals surface area contributed by atoms with Crippen molar-refractivity contribution in [3.05, 3.63) is 99.7 Å². The van der Waals surface area contributed by atoms with Gasteiger partial charge in [0, 0.05) is 63.5 Å². The van der Waals surface area contributed by atoms with Gasteiger partial charge in [0.05, 0.1) is 10.7 Å². The molecule has 0 aliphatic carbocycles. The highest BCUT2D eigenvalue weighted by Crippen LogP contribution is 2.30. The van der Waals surface area contributed by atoms with E-state index in [2.05, 4.69) is 10.6 Å². The third kappa shape index (κ3) is 6.20. The van der Waals surface area contributed by atoms with Crippen LogP contribution in [0.1, 0.15) is 10.4 Å². The summed E-state index contributed by atoms with van der Waals surface area (Å²) in [4.78, 5) is 36.0. The molecule has 0 unspecified atom stereocenters. The first-order valence-corrected chi connectivity index (χ1v) is 12.1. The topological polar surface area (TPSA) is 106 Å². The number of carbonyl (C=O) groups is 2. The number of halogens is 1. The number of aromatic nitrogens is 1. The van der Waals surface area contributed by atoms with Crippen molar-refractivity contribution in [1.82, 2.24) is 9.88 Å². The number of carbonyl (C=O) groups excluding carboxylic acids is 2. The fourth-order valence-electron chi connectivity index (χ4n) is 3.51. The van der Waals surface area contributed by atoms with Gasteiger partial charge >= 0.3 is 0 Å². The highest BCUT2D eigenvalue weighted by Gasteiger charge is 2.12. The molecule has 0 aliphatic rings. The van der Waals surface area contributed by atoms with Crippen LogP contribution in [-0.4, -0.2) is 33.6 Å². The molecule has 0 fully saturated rings. The molecule has 0 atom stereocenters. The molecule has 0 spiro atoms. The zero-order chi connectivity index (χ0) is 24.8. The van der Waals surface area contributed by atoms with Crippen LogP contribution >= 0.6 is 23.4 Å². The number of benzene rings is 3. The highest BCUT2D eigenvalue weighted by atomic mass is 35.5. The minimum Gasteiger partial charge on any atom is -0.350 e. The molecule has 0 bridgehead atoms. The number of nitro groups is 1. The number of nitro benzene ring substituents is 1. The standard InChI is InChI=1S/C25H21ClN4O4S/c26-18-7-9-19(10-8-18)28-24(31)16-35-23-15-29(22-4-2-1-3-21(22)23)14-13-27-25(32)17-5-11-20(12-6-17)30(33)34/h1-12,15H,13-14,16H2,(H,27,32)(H,28,31). The zero-order valence-corrected chi connectivity index (χ0v) is 20.0. The average Bonchev–Trinajstić information content (AvgIpc) is 3.22. The first kappa shape index (κ1) is 24.3. The van der Waals surface area contributed by atoms with E-state index in [4.69, 9.17) is 11.6 Å². The molecule has 4 rings (SSSR count). The number of thioether (sulfide) groups is 1. The second-order valence-corrected chi connectivity index (χ2v) is 9.06. The lowest BCUT2D eigenvalue weighted by atomic mass is 10.2. The Kier molecular flexibility index (Phi) is 7.69. The van der Waals surface area contributed by atoms with E-state index in [1.54, 1.807) is 24.3 Å². The van der Waals surface area contributed by atoms with Crippen LogP contribution in [0.2, 0.25) is 5.02 Å². The molecule has 1 heterocycles. The Morgan fingerprint density at radius 3 is 2.43 bits per heavy atom. The number of anilines is 1. The molecule has 2 amide bonds. The molecule has 3 aromatic carbocycles. The summed E-state index contributed by atoms with van der Waals surface area (Å²) in [5.74, 6) is -0.178. The van der Waals surface area contributed by atoms with Gasteiger partial charge in [0.1, 0.15) is 0 Å². The van der Waals surface area contributed by atoms with Crippen molar-refractivity contribution in [1.29, 1.82) is 0 Å². The predicted molar refractivity (Wildman–Crippen MR) is 138 cm³/mol. The van der Waals surface area contributed by atoms with Gasteiger partial charge in [-0.05, 0) is 42.5 Å².